The summed E-state index contributed by atoms with van der Waals surface area (Å²) in [6.07, 6.45) is 3.27. The highest BCUT2D eigenvalue weighted by molar-refractivity contribution is 6.44. The second-order valence-corrected chi connectivity index (χ2v) is 6.91. The number of nitrogens with zero attached hydrogens (tertiary/aromatic N) is 2. The lowest BCUT2D eigenvalue weighted by Gasteiger charge is -2.21. The van der Waals surface area contributed by atoms with E-state index in [-0.39, 0.29) is 25.0 Å². The third-order valence-corrected chi connectivity index (χ3v) is 5.25. The second kappa shape index (κ2) is 7.10. The van der Waals surface area contributed by atoms with Crippen LogP contribution in [0, 0.1) is 0 Å². The molecule has 2 aromatic rings. The number of urea groups is 1. The van der Waals surface area contributed by atoms with Gasteiger partial charge in [0.05, 0.1) is 13.2 Å². The van der Waals surface area contributed by atoms with Gasteiger partial charge in [0.2, 0.25) is 5.76 Å². The molecular weight excluding hydrogens is 364 g/mol. The molecule has 4 amide bonds. The zero-order valence-corrected chi connectivity index (χ0v) is 15.5. The van der Waals surface area contributed by atoms with Gasteiger partial charge in [-0.05, 0) is 25.8 Å². The Morgan fingerprint density at radius 3 is 2.57 bits per heavy atom. The van der Waals surface area contributed by atoms with E-state index >= 15 is 0 Å². The van der Waals surface area contributed by atoms with Crippen molar-refractivity contribution < 1.29 is 28.3 Å². The standard InChI is InChI=1S/C20H20N2O6/c1-2-27-19(25)16-14(13-9-5-6-10-15(13)28-16)11-21-17(23)18(24)22(20(21)26)12-7-3-4-8-12/h5-6,9-10,12H,2-4,7-8,11H2,1H3. The number of rotatable bonds is 5. The van der Waals surface area contributed by atoms with Crippen molar-refractivity contribution in [2.75, 3.05) is 6.61 Å². The zero-order chi connectivity index (χ0) is 19.8. The van der Waals surface area contributed by atoms with Crippen LogP contribution >= 0.6 is 0 Å². The number of furan rings is 1. The molecule has 0 bridgehead atoms. The number of amides is 4. The average molecular weight is 384 g/mol. The molecular formula is C20H20N2O6. The van der Waals surface area contributed by atoms with Crippen molar-refractivity contribution in [2.45, 2.75) is 45.2 Å². The summed E-state index contributed by atoms with van der Waals surface area (Å²) in [5.41, 5.74) is 0.801. The molecule has 1 saturated heterocycles. The second-order valence-electron chi connectivity index (χ2n) is 6.91. The first-order valence-corrected chi connectivity index (χ1v) is 9.39. The van der Waals surface area contributed by atoms with Gasteiger partial charge in [-0.1, -0.05) is 31.0 Å². The molecule has 0 spiro atoms. The predicted octanol–water partition coefficient (Wildman–Crippen LogP) is 2.84. The smallest absolute Gasteiger partial charge is 0.374 e. The molecule has 146 valence electrons. The van der Waals surface area contributed by atoms with E-state index in [1.54, 1.807) is 31.2 Å². The van der Waals surface area contributed by atoms with Gasteiger partial charge in [0.1, 0.15) is 5.58 Å². The van der Waals surface area contributed by atoms with Crippen LogP contribution in [0.25, 0.3) is 11.0 Å². The van der Waals surface area contributed by atoms with Gasteiger partial charge in [-0.25, -0.2) is 9.59 Å². The van der Waals surface area contributed by atoms with Gasteiger partial charge in [-0.2, -0.15) is 0 Å². The lowest BCUT2D eigenvalue weighted by atomic mass is 10.1. The Bertz CT molecular complexity index is 972. The molecule has 0 radical (unpaired) electrons. The van der Waals surface area contributed by atoms with E-state index in [1.165, 1.54) is 0 Å². The number of ether oxygens (including phenoxy) is 1. The van der Waals surface area contributed by atoms with Crippen molar-refractivity contribution in [2.24, 2.45) is 0 Å². The fraction of sp³-hybridized carbons (Fsp3) is 0.400. The Hall–Kier alpha value is -3.16. The Morgan fingerprint density at radius 1 is 1.14 bits per heavy atom. The SMILES string of the molecule is CCOC(=O)c1oc2ccccc2c1CN1C(=O)C(=O)N(C2CCCC2)C1=O. The number of carbonyl (C=O) groups excluding carboxylic acids is 4. The summed E-state index contributed by atoms with van der Waals surface area (Å²) in [7, 11) is 0. The largest absolute Gasteiger partial charge is 0.460 e. The van der Waals surface area contributed by atoms with Crippen LogP contribution in [0.15, 0.2) is 28.7 Å². The van der Waals surface area contributed by atoms with Crippen LogP contribution in [0.5, 0.6) is 0 Å². The third kappa shape index (κ3) is 2.85. The van der Waals surface area contributed by atoms with Crippen LogP contribution in [0.3, 0.4) is 0 Å². The van der Waals surface area contributed by atoms with Gasteiger partial charge >= 0.3 is 23.8 Å². The number of hydrogen-bond donors (Lipinski definition) is 0. The van der Waals surface area contributed by atoms with Crippen LogP contribution in [-0.2, 0) is 20.9 Å². The van der Waals surface area contributed by atoms with Crippen LogP contribution in [0.4, 0.5) is 4.79 Å². The van der Waals surface area contributed by atoms with Gasteiger partial charge in [0.15, 0.2) is 0 Å². The highest BCUT2D eigenvalue weighted by atomic mass is 16.5. The molecule has 4 rings (SSSR count). The van der Waals surface area contributed by atoms with Crippen molar-refractivity contribution in [1.29, 1.82) is 0 Å². The molecule has 1 aromatic carbocycles. The molecule has 0 unspecified atom stereocenters. The average Bonchev–Trinajstić information content (AvgIpc) is 3.37. The topological polar surface area (TPSA) is 97.1 Å². The van der Waals surface area contributed by atoms with Crippen LogP contribution in [0.1, 0.15) is 48.7 Å². The van der Waals surface area contributed by atoms with Crippen molar-refractivity contribution >= 4 is 34.8 Å². The molecule has 2 aliphatic rings. The molecule has 2 fully saturated rings. The van der Waals surface area contributed by atoms with Gasteiger partial charge in [0, 0.05) is 17.0 Å². The van der Waals surface area contributed by atoms with Gasteiger partial charge in [-0.3, -0.25) is 19.4 Å². The number of para-hydroxylation sites is 1. The summed E-state index contributed by atoms with van der Waals surface area (Å²) >= 11 is 0. The van der Waals surface area contributed by atoms with Crippen LogP contribution in [0.2, 0.25) is 0 Å². The van der Waals surface area contributed by atoms with Crippen molar-refractivity contribution in [3.05, 3.63) is 35.6 Å². The highest BCUT2D eigenvalue weighted by Gasteiger charge is 2.48. The molecule has 2 heterocycles. The maximum Gasteiger partial charge on any atom is 0.374 e. The normalized spacial score (nSPS) is 18.0. The summed E-state index contributed by atoms with van der Waals surface area (Å²) in [5, 5.41) is 0.595. The fourth-order valence-electron chi connectivity index (χ4n) is 3.92. The van der Waals surface area contributed by atoms with E-state index in [1.807, 2.05) is 0 Å². The molecule has 8 nitrogen and oxygen atoms in total. The Balaban J connectivity index is 1.70. The fourth-order valence-corrected chi connectivity index (χ4v) is 3.92. The molecule has 1 aromatic heterocycles. The minimum Gasteiger partial charge on any atom is -0.460 e. The first-order valence-electron chi connectivity index (χ1n) is 9.39. The van der Waals surface area contributed by atoms with E-state index in [9.17, 15) is 19.2 Å². The third-order valence-electron chi connectivity index (χ3n) is 5.25. The summed E-state index contributed by atoms with van der Waals surface area (Å²) < 4.78 is 10.7. The molecule has 1 aliphatic carbocycles. The summed E-state index contributed by atoms with van der Waals surface area (Å²) in [6.45, 7) is 1.61. The summed E-state index contributed by atoms with van der Waals surface area (Å²) in [4.78, 5) is 52.1. The summed E-state index contributed by atoms with van der Waals surface area (Å²) in [5.74, 6) is -2.42. The van der Waals surface area contributed by atoms with E-state index in [4.69, 9.17) is 9.15 Å². The zero-order valence-electron chi connectivity index (χ0n) is 15.5. The van der Waals surface area contributed by atoms with Crippen molar-refractivity contribution in [1.82, 2.24) is 9.80 Å². The lowest BCUT2D eigenvalue weighted by Crippen LogP contribution is -2.39. The monoisotopic (exact) mass is 384 g/mol. The Labute approximate surface area is 161 Å². The molecule has 8 heteroatoms. The number of carbonyl (C=O) groups is 4. The van der Waals surface area contributed by atoms with Crippen LogP contribution < -0.4 is 0 Å². The van der Waals surface area contributed by atoms with E-state index < -0.39 is 23.8 Å². The lowest BCUT2D eigenvalue weighted by molar-refractivity contribution is -0.144. The minimum absolute atomic E-state index is 0.0598. The molecule has 0 atom stereocenters. The first kappa shape index (κ1) is 18.2. The van der Waals surface area contributed by atoms with Crippen molar-refractivity contribution in [3.63, 3.8) is 0 Å². The molecule has 1 aliphatic heterocycles. The van der Waals surface area contributed by atoms with Gasteiger partial charge in [0.25, 0.3) is 0 Å². The van der Waals surface area contributed by atoms with E-state index in [0.29, 0.717) is 29.4 Å². The number of fused-ring (bicyclic) bond motifs is 1. The molecule has 28 heavy (non-hydrogen) atoms. The Morgan fingerprint density at radius 2 is 1.86 bits per heavy atom. The van der Waals surface area contributed by atoms with E-state index in [0.717, 1.165) is 22.6 Å². The molecule has 0 N–H and O–H groups in total. The predicted molar refractivity (Wildman–Crippen MR) is 97.2 cm³/mol. The number of hydrogen-bond acceptors (Lipinski definition) is 6. The maximum absolute atomic E-state index is 12.8. The molecule has 1 saturated carbocycles. The van der Waals surface area contributed by atoms with Crippen molar-refractivity contribution in [3.8, 4) is 0 Å². The number of esters is 1. The van der Waals surface area contributed by atoms with Crippen LogP contribution in [-0.4, -0.2) is 46.3 Å². The quantitative estimate of drug-likeness (QED) is 0.447. The first-order chi connectivity index (χ1) is 13.5. The van der Waals surface area contributed by atoms with E-state index in [2.05, 4.69) is 0 Å². The van der Waals surface area contributed by atoms with Gasteiger partial charge in [-0.15, -0.1) is 0 Å². The Kier molecular flexibility index (Phi) is 4.62. The minimum atomic E-state index is -0.878. The highest BCUT2D eigenvalue weighted by Crippen LogP contribution is 2.32. The number of benzene rings is 1. The number of imide groups is 2. The van der Waals surface area contributed by atoms with Gasteiger partial charge < -0.3 is 9.15 Å². The maximum atomic E-state index is 12.8. The summed E-state index contributed by atoms with van der Waals surface area (Å²) in [6, 6.07) is 6.06.